The molecule has 1 N–H and O–H groups in total. The minimum absolute atomic E-state index is 0.00693. The van der Waals surface area contributed by atoms with Gasteiger partial charge in [0.05, 0.1) is 35.8 Å². The molecule has 0 bridgehead atoms. The lowest BCUT2D eigenvalue weighted by Gasteiger charge is -2.18. The second-order valence-electron chi connectivity index (χ2n) is 11.6. The van der Waals surface area contributed by atoms with Gasteiger partial charge in [-0.15, -0.1) is 0 Å². The molecule has 12 nitrogen and oxygen atoms in total. The van der Waals surface area contributed by atoms with Crippen LogP contribution in [0.15, 0.2) is 82.7 Å². The molecule has 0 saturated heterocycles. The summed E-state index contributed by atoms with van der Waals surface area (Å²) in [6, 6.07) is 20.8. The van der Waals surface area contributed by atoms with Gasteiger partial charge in [-0.05, 0) is 79.8 Å². The van der Waals surface area contributed by atoms with E-state index in [4.69, 9.17) is 19.2 Å². The predicted molar refractivity (Wildman–Crippen MR) is 189 cm³/mol. The normalized spacial score (nSPS) is 11.2. The van der Waals surface area contributed by atoms with E-state index in [0.29, 0.717) is 34.6 Å². The van der Waals surface area contributed by atoms with Crippen molar-refractivity contribution in [2.75, 3.05) is 25.6 Å². The predicted octanol–water partition coefficient (Wildman–Crippen LogP) is 7.02. The van der Waals surface area contributed by atoms with Crippen molar-refractivity contribution >= 4 is 34.4 Å². The number of nitrogens with one attached hydrogen (secondary N) is 1. The molecule has 12 heteroatoms. The lowest BCUT2D eigenvalue weighted by atomic mass is 9.96. The van der Waals surface area contributed by atoms with E-state index < -0.39 is 28.7 Å². The molecule has 0 aliphatic heterocycles. The molecule has 1 amide bonds. The van der Waals surface area contributed by atoms with Crippen molar-refractivity contribution in [2.24, 2.45) is 5.10 Å². The zero-order valence-corrected chi connectivity index (χ0v) is 28.1. The number of benzene rings is 4. The molecule has 49 heavy (non-hydrogen) atoms. The summed E-state index contributed by atoms with van der Waals surface area (Å²) in [4.78, 5) is 42.9. The maximum absolute atomic E-state index is 13.9. The summed E-state index contributed by atoms with van der Waals surface area (Å²) >= 11 is 0. The van der Waals surface area contributed by atoms with Gasteiger partial charge in [0.2, 0.25) is 5.75 Å². The quantitative estimate of drug-likeness (QED) is 0.0851. The van der Waals surface area contributed by atoms with Crippen LogP contribution in [0.4, 0.5) is 11.4 Å². The highest BCUT2D eigenvalue weighted by Crippen LogP contribution is 2.38. The summed E-state index contributed by atoms with van der Waals surface area (Å²) < 4.78 is 18.2. The number of para-hydroxylation sites is 2. The first kappa shape index (κ1) is 34.3. The Hall–Kier alpha value is -6.04. The largest absolute Gasteiger partial charge is 0.494 e. The van der Waals surface area contributed by atoms with E-state index in [0.717, 1.165) is 22.4 Å². The first-order valence-electron chi connectivity index (χ1n) is 15.7. The van der Waals surface area contributed by atoms with Gasteiger partial charge in [0.25, 0.3) is 11.5 Å². The number of hydrogen-bond donors (Lipinski definition) is 1. The molecular formula is C37H37N5O7. The van der Waals surface area contributed by atoms with E-state index in [-0.39, 0.29) is 23.0 Å². The zero-order chi connectivity index (χ0) is 35.2. The maximum Gasteiger partial charge on any atom is 0.315 e. The number of nitrogens with zero attached hydrogens (tertiary/aromatic N) is 4. The Morgan fingerprint density at radius 3 is 2.45 bits per heavy atom. The molecule has 0 spiro atoms. The van der Waals surface area contributed by atoms with Crippen LogP contribution in [-0.2, 0) is 4.79 Å². The Bertz CT molecular complexity index is 2140. The van der Waals surface area contributed by atoms with Crippen LogP contribution in [0.1, 0.15) is 48.9 Å². The molecule has 0 aliphatic carbocycles. The van der Waals surface area contributed by atoms with Crippen LogP contribution in [-0.4, -0.2) is 47.0 Å². The smallest absolute Gasteiger partial charge is 0.315 e. The third-order valence-electron chi connectivity index (χ3n) is 7.84. The molecule has 1 aromatic heterocycles. The zero-order valence-electron chi connectivity index (χ0n) is 28.1. The Morgan fingerprint density at radius 2 is 1.76 bits per heavy atom. The fourth-order valence-electron chi connectivity index (χ4n) is 5.35. The van der Waals surface area contributed by atoms with E-state index in [2.05, 4.69) is 24.3 Å². The summed E-state index contributed by atoms with van der Waals surface area (Å²) in [6.07, 6.45) is 1.32. The van der Waals surface area contributed by atoms with Gasteiger partial charge < -0.3 is 19.5 Å². The summed E-state index contributed by atoms with van der Waals surface area (Å²) in [5.74, 6) is 0.452. The lowest BCUT2D eigenvalue weighted by Crippen LogP contribution is -2.21. The van der Waals surface area contributed by atoms with Gasteiger partial charge in [-0.2, -0.15) is 9.78 Å². The molecule has 0 atom stereocenters. The first-order valence-corrected chi connectivity index (χ1v) is 15.7. The minimum Gasteiger partial charge on any atom is -0.494 e. The van der Waals surface area contributed by atoms with E-state index >= 15 is 0 Å². The molecule has 0 fully saturated rings. The number of nitro groups is 1. The van der Waals surface area contributed by atoms with Crippen molar-refractivity contribution in [2.45, 2.75) is 40.5 Å². The second-order valence-corrected chi connectivity index (χ2v) is 11.6. The number of ether oxygens (including phenoxy) is 3. The molecule has 1 heterocycles. The van der Waals surface area contributed by atoms with Crippen molar-refractivity contribution in [1.82, 2.24) is 9.66 Å². The van der Waals surface area contributed by atoms with E-state index in [1.807, 2.05) is 45.0 Å². The summed E-state index contributed by atoms with van der Waals surface area (Å²) in [6.45, 7) is 9.79. The molecule has 252 valence electrons. The molecule has 0 aliphatic rings. The topological polar surface area (TPSA) is 147 Å². The van der Waals surface area contributed by atoms with Crippen LogP contribution in [0.2, 0.25) is 0 Å². The van der Waals surface area contributed by atoms with Crippen LogP contribution in [0.25, 0.3) is 22.3 Å². The number of anilines is 1. The summed E-state index contributed by atoms with van der Waals surface area (Å²) in [5.41, 5.74) is 3.79. The van der Waals surface area contributed by atoms with E-state index in [1.165, 1.54) is 30.1 Å². The van der Waals surface area contributed by atoms with Gasteiger partial charge in [0.1, 0.15) is 5.75 Å². The van der Waals surface area contributed by atoms with Crippen molar-refractivity contribution in [3.8, 4) is 28.6 Å². The molecule has 5 rings (SSSR count). The van der Waals surface area contributed by atoms with Crippen molar-refractivity contribution in [1.29, 1.82) is 0 Å². The second kappa shape index (κ2) is 14.8. The number of fused-ring (bicyclic) bond motifs is 1. The maximum atomic E-state index is 13.9. The average Bonchev–Trinajstić information content (AvgIpc) is 3.07. The van der Waals surface area contributed by atoms with E-state index in [9.17, 15) is 19.7 Å². The summed E-state index contributed by atoms with van der Waals surface area (Å²) in [7, 11) is 1.33. The van der Waals surface area contributed by atoms with Crippen molar-refractivity contribution < 1.29 is 23.9 Å². The fourth-order valence-corrected chi connectivity index (χ4v) is 5.35. The van der Waals surface area contributed by atoms with Crippen LogP contribution in [0, 0.1) is 24.0 Å². The van der Waals surface area contributed by atoms with E-state index in [1.54, 1.807) is 36.4 Å². The highest BCUT2D eigenvalue weighted by Gasteiger charge is 2.24. The first-order chi connectivity index (χ1) is 23.5. The number of aryl methyl sites for hydroxylation is 2. The highest BCUT2D eigenvalue weighted by molar-refractivity contribution is 5.93. The Kier molecular flexibility index (Phi) is 10.4. The van der Waals surface area contributed by atoms with Gasteiger partial charge in [0.15, 0.2) is 18.2 Å². The number of aromatic nitrogens is 2. The number of methoxy groups -OCH3 is 1. The number of hydrogen-bond acceptors (Lipinski definition) is 9. The third-order valence-corrected chi connectivity index (χ3v) is 7.84. The number of carbonyl (C=O) groups is 1. The van der Waals surface area contributed by atoms with Crippen molar-refractivity contribution in [3.63, 3.8) is 0 Å². The number of amides is 1. The Labute approximate surface area is 283 Å². The van der Waals surface area contributed by atoms with Crippen LogP contribution in [0.5, 0.6) is 17.2 Å². The average molecular weight is 664 g/mol. The molecule has 4 aromatic carbocycles. The molecule has 0 unspecified atom stereocenters. The standard InChI is InChI=1S/C37H37N5O7/c1-7-48-32-16-24(5)28(19-27(32)22(2)3)36-40-30-15-11-9-13-26(30)37(44)41(36)38-20-25-17-31(42(45)46)35(33(18-25)47-6)49-21-34(43)39-29-14-10-8-12-23(29)4/h8-20,22H,7,21H2,1-6H3,(H,39,43). The molecular weight excluding hydrogens is 626 g/mol. The molecule has 0 saturated carbocycles. The van der Waals surface area contributed by atoms with Crippen LogP contribution >= 0.6 is 0 Å². The van der Waals surface area contributed by atoms with Crippen LogP contribution in [0.3, 0.4) is 0 Å². The Balaban J connectivity index is 1.56. The third kappa shape index (κ3) is 7.43. The van der Waals surface area contributed by atoms with Gasteiger partial charge in [-0.1, -0.05) is 44.2 Å². The van der Waals surface area contributed by atoms with Gasteiger partial charge >= 0.3 is 5.69 Å². The molecule has 5 aromatic rings. The van der Waals surface area contributed by atoms with Gasteiger partial charge in [-0.25, -0.2) is 4.98 Å². The number of nitro benzene ring substituents is 1. The SMILES string of the molecule is CCOc1cc(C)c(-c2nc3ccccc3c(=O)n2N=Cc2cc(OC)c(OCC(=O)Nc3ccccc3C)c([N+](=O)[O-])c2)cc1C(C)C. The minimum atomic E-state index is -0.639. The Morgan fingerprint density at radius 1 is 1.02 bits per heavy atom. The monoisotopic (exact) mass is 663 g/mol. The number of carbonyl (C=O) groups excluding carboxylic acids is 1. The van der Waals surface area contributed by atoms with Gasteiger partial charge in [-0.3, -0.25) is 19.7 Å². The molecule has 0 radical (unpaired) electrons. The number of rotatable bonds is 12. The van der Waals surface area contributed by atoms with Crippen molar-refractivity contribution in [3.05, 3.63) is 116 Å². The summed E-state index contributed by atoms with van der Waals surface area (Å²) in [5, 5.41) is 19.8. The lowest BCUT2D eigenvalue weighted by molar-refractivity contribution is -0.385. The van der Waals surface area contributed by atoms with Gasteiger partial charge in [0, 0.05) is 22.9 Å². The fraction of sp³-hybridized carbons (Fsp3) is 0.243. The highest BCUT2D eigenvalue weighted by atomic mass is 16.6. The van der Waals surface area contributed by atoms with Crippen LogP contribution < -0.4 is 25.1 Å².